The highest BCUT2D eigenvalue weighted by atomic mass is 32.2. The Balaban J connectivity index is 1.90. The molecule has 1 fully saturated rings. The summed E-state index contributed by atoms with van der Waals surface area (Å²) in [5, 5.41) is 2.02. The molecule has 27 heavy (non-hydrogen) atoms. The van der Waals surface area contributed by atoms with Gasteiger partial charge in [-0.25, -0.2) is 13.2 Å². The molecule has 0 spiro atoms. The van der Waals surface area contributed by atoms with Gasteiger partial charge in [-0.2, -0.15) is 4.31 Å². The molecule has 1 heterocycles. The Morgan fingerprint density at radius 3 is 2.26 bits per heavy atom. The summed E-state index contributed by atoms with van der Waals surface area (Å²) < 4.78 is 27.1. The van der Waals surface area contributed by atoms with Crippen molar-refractivity contribution in [1.82, 2.24) is 14.5 Å². The topological polar surface area (TPSA) is 113 Å². The highest BCUT2D eigenvalue weighted by molar-refractivity contribution is 7.89. The number of hydrogen-bond acceptors (Lipinski definition) is 5. The summed E-state index contributed by atoms with van der Waals surface area (Å²) in [6.07, 6.45) is 1.15. The molecule has 0 saturated carbocycles. The van der Waals surface area contributed by atoms with E-state index >= 15 is 0 Å². The zero-order valence-electron chi connectivity index (χ0n) is 15.8. The van der Waals surface area contributed by atoms with Crippen LogP contribution in [0.3, 0.4) is 0 Å². The van der Waals surface area contributed by atoms with E-state index in [0.717, 1.165) is 12.0 Å². The lowest BCUT2D eigenvalue weighted by Crippen LogP contribution is -2.49. The number of amides is 3. The first-order valence-electron chi connectivity index (χ1n) is 9.15. The Morgan fingerprint density at radius 2 is 1.74 bits per heavy atom. The number of hydrogen-bond donors (Lipinski definition) is 2. The van der Waals surface area contributed by atoms with E-state index in [0.29, 0.717) is 43.5 Å². The van der Waals surface area contributed by atoms with Crippen molar-refractivity contribution in [1.29, 1.82) is 0 Å². The van der Waals surface area contributed by atoms with Crippen LogP contribution in [0, 0.1) is 0 Å². The van der Waals surface area contributed by atoms with Gasteiger partial charge in [-0.1, -0.05) is 26.0 Å². The molecule has 1 unspecified atom stereocenters. The second-order valence-corrected chi connectivity index (χ2v) is 8.72. The van der Waals surface area contributed by atoms with E-state index in [1.54, 1.807) is 12.1 Å². The Kier molecular flexibility index (Phi) is 7.34. The fraction of sp³-hybridized carbons (Fsp3) is 0.556. The summed E-state index contributed by atoms with van der Waals surface area (Å²) in [6, 6.07) is 6.26. The molecule has 1 saturated heterocycles. The number of rotatable bonds is 7. The minimum Gasteiger partial charge on any atom is -0.351 e. The summed E-state index contributed by atoms with van der Waals surface area (Å²) >= 11 is 0. The summed E-state index contributed by atoms with van der Waals surface area (Å²) in [7, 11) is -3.52. The highest BCUT2D eigenvalue weighted by Gasteiger charge is 2.28. The van der Waals surface area contributed by atoms with E-state index in [2.05, 4.69) is 13.8 Å². The standard InChI is InChI=1S/C18H28N4O4S/c1-3-14(2)15-4-6-16(7-5-15)27(25,26)22-12-10-21(11-13-22)9-8-17(23)20-18(19)24/h4-7,14H,3,8-13H2,1-2H3,(H3,19,20,23,24). The van der Waals surface area contributed by atoms with Gasteiger partial charge in [-0.3, -0.25) is 10.1 Å². The van der Waals surface area contributed by atoms with Gasteiger partial charge in [0.05, 0.1) is 4.90 Å². The molecule has 9 heteroatoms. The molecule has 0 aromatic heterocycles. The third-order valence-corrected chi connectivity index (χ3v) is 6.86. The smallest absolute Gasteiger partial charge is 0.318 e. The van der Waals surface area contributed by atoms with Crippen molar-refractivity contribution in [3.05, 3.63) is 29.8 Å². The molecule has 0 aliphatic carbocycles. The summed E-state index contributed by atoms with van der Waals surface area (Å²) in [4.78, 5) is 24.4. The van der Waals surface area contributed by atoms with Crippen LogP contribution in [0.2, 0.25) is 0 Å². The quantitative estimate of drug-likeness (QED) is 0.716. The first-order valence-corrected chi connectivity index (χ1v) is 10.6. The number of benzene rings is 1. The average Bonchev–Trinajstić information content (AvgIpc) is 2.65. The van der Waals surface area contributed by atoms with Crippen LogP contribution < -0.4 is 11.1 Å². The predicted molar refractivity (Wildman–Crippen MR) is 103 cm³/mol. The minimum atomic E-state index is -3.52. The molecule has 1 aromatic carbocycles. The number of carbonyl (C=O) groups excluding carboxylic acids is 2. The van der Waals surface area contributed by atoms with E-state index in [4.69, 9.17) is 5.73 Å². The van der Waals surface area contributed by atoms with Crippen molar-refractivity contribution in [2.75, 3.05) is 32.7 Å². The fourth-order valence-corrected chi connectivity index (χ4v) is 4.43. The van der Waals surface area contributed by atoms with E-state index in [1.807, 2.05) is 22.3 Å². The number of imide groups is 1. The van der Waals surface area contributed by atoms with Crippen LogP contribution in [-0.4, -0.2) is 62.3 Å². The molecule has 3 N–H and O–H groups in total. The largest absolute Gasteiger partial charge is 0.351 e. The molecule has 2 rings (SSSR count). The molecule has 3 amide bonds. The Morgan fingerprint density at radius 1 is 1.15 bits per heavy atom. The van der Waals surface area contributed by atoms with Gasteiger partial charge in [0.15, 0.2) is 0 Å². The second-order valence-electron chi connectivity index (χ2n) is 6.79. The monoisotopic (exact) mass is 396 g/mol. The fourth-order valence-electron chi connectivity index (χ4n) is 3.01. The third kappa shape index (κ3) is 5.75. The van der Waals surface area contributed by atoms with Crippen LogP contribution in [0.5, 0.6) is 0 Å². The van der Waals surface area contributed by atoms with Gasteiger partial charge in [0, 0.05) is 39.1 Å². The van der Waals surface area contributed by atoms with Crippen LogP contribution in [0.15, 0.2) is 29.2 Å². The Labute approximate surface area is 160 Å². The molecule has 150 valence electrons. The number of carbonyl (C=O) groups is 2. The second kappa shape index (κ2) is 9.29. The van der Waals surface area contributed by atoms with Gasteiger partial charge >= 0.3 is 6.03 Å². The molecule has 0 radical (unpaired) electrons. The molecular weight excluding hydrogens is 368 g/mol. The third-order valence-electron chi connectivity index (χ3n) is 4.95. The first-order chi connectivity index (χ1) is 12.7. The lowest BCUT2D eigenvalue weighted by Gasteiger charge is -2.33. The van der Waals surface area contributed by atoms with Gasteiger partial charge in [0.25, 0.3) is 0 Å². The van der Waals surface area contributed by atoms with Crippen molar-refractivity contribution in [3.63, 3.8) is 0 Å². The van der Waals surface area contributed by atoms with Crippen LogP contribution >= 0.6 is 0 Å². The summed E-state index contributed by atoms with van der Waals surface area (Å²) in [5.74, 6) is -0.0315. The molecule has 8 nitrogen and oxygen atoms in total. The normalized spacial score (nSPS) is 17.4. The number of piperazine rings is 1. The van der Waals surface area contributed by atoms with E-state index in [1.165, 1.54) is 4.31 Å². The lowest BCUT2D eigenvalue weighted by molar-refractivity contribution is -0.120. The van der Waals surface area contributed by atoms with Crippen molar-refractivity contribution in [2.24, 2.45) is 5.73 Å². The van der Waals surface area contributed by atoms with Gasteiger partial charge in [0.1, 0.15) is 0 Å². The zero-order chi connectivity index (χ0) is 20.0. The molecule has 1 aliphatic rings. The van der Waals surface area contributed by atoms with Crippen molar-refractivity contribution in [3.8, 4) is 0 Å². The van der Waals surface area contributed by atoms with Gasteiger partial charge in [0.2, 0.25) is 15.9 Å². The summed E-state index contributed by atoms with van der Waals surface area (Å²) in [6.45, 7) is 6.48. The molecule has 0 bridgehead atoms. The van der Waals surface area contributed by atoms with Crippen molar-refractivity contribution < 1.29 is 18.0 Å². The van der Waals surface area contributed by atoms with Gasteiger partial charge < -0.3 is 10.6 Å². The van der Waals surface area contributed by atoms with Crippen LogP contribution in [0.25, 0.3) is 0 Å². The van der Waals surface area contributed by atoms with E-state index in [9.17, 15) is 18.0 Å². The summed E-state index contributed by atoms with van der Waals surface area (Å²) in [5.41, 5.74) is 6.03. The number of nitrogens with one attached hydrogen (secondary N) is 1. The zero-order valence-corrected chi connectivity index (χ0v) is 16.7. The molecule has 1 aromatic rings. The SMILES string of the molecule is CCC(C)c1ccc(S(=O)(=O)N2CCN(CCC(=O)NC(N)=O)CC2)cc1. The Hall–Kier alpha value is -1.97. The number of nitrogens with two attached hydrogens (primary N) is 1. The van der Waals surface area contributed by atoms with Crippen LogP contribution in [0.4, 0.5) is 4.79 Å². The molecule has 1 aliphatic heterocycles. The Bertz CT molecular complexity index is 756. The number of sulfonamides is 1. The van der Waals surface area contributed by atoms with Crippen LogP contribution in [0.1, 0.15) is 38.2 Å². The maximum Gasteiger partial charge on any atom is 0.318 e. The first kappa shape index (κ1) is 21.3. The molecule has 1 atom stereocenters. The maximum atomic E-state index is 12.8. The number of primary amides is 1. The predicted octanol–water partition coefficient (Wildman–Crippen LogP) is 1.09. The average molecular weight is 397 g/mol. The van der Waals surface area contributed by atoms with E-state index < -0.39 is 22.0 Å². The maximum absolute atomic E-state index is 12.8. The van der Waals surface area contributed by atoms with Crippen LogP contribution in [-0.2, 0) is 14.8 Å². The van der Waals surface area contributed by atoms with Gasteiger partial charge in [-0.05, 0) is 30.0 Å². The van der Waals surface area contributed by atoms with Gasteiger partial charge in [-0.15, -0.1) is 0 Å². The highest BCUT2D eigenvalue weighted by Crippen LogP contribution is 2.23. The van der Waals surface area contributed by atoms with Crippen molar-refractivity contribution >= 4 is 22.0 Å². The lowest BCUT2D eigenvalue weighted by atomic mass is 9.99. The molecular formula is C18H28N4O4S. The van der Waals surface area contributed by atoms with E-state index in [-0.39, 0.29) is 6.42 Å². The number of nitrogens with zero attached hydrogens (tertiary/aromatic N) is 2. The number of urea groups is 1. The minimum absolute atomic E-state index is 0.146. The van der Waals surface area contributed by atoms with Crippen molar-refractivity contribution in [2.45, 2.75) is 37.5 Å².